The van der Waals surface area contributed by atoms with Crippen LogP contribution >= 0.6 is 30.4 Å². The van der Waals surface area contributed by atoms with Gasteiger partial charge < -0.3 is 9.47 Å². The first-order valence-electron chi connectivity index (χ1n) is 19.8. The fourth-order valence-corrected chi connectivity index (χ4v) is 22.3. The molecule has 0 spiro atoms. The fraction of sp³-hybridized carbons (Fsp3) is 0.333. The van der Waals surface area contributed by atoms with Gasteiger partial charge in [-0.25, -0.2) is 0 Å². The summed E-state index contributed by atoms with van der Waals surface area (Å²) in [4.78, 5) is 0. The molecule has 2 saturated heterocycles. The molecule has 0 aromatic heterocycles. The van der Waals surface area contributed by atoms with Gasteiger partial charge in [0.2, 0.25) is 0 Å². The maximum atomic E-state index is 6.44. The fourth-order valence-electron chi connectivity index (χ4n) is 8.63. The zero-order valence-corrected chi connectivity index (χ0v) is 36.6. The van der Waals surface area contributed by atoms with Gasteiger partial charge in [-0.05, 0) is 133 Å². The summed E-state index contributed by atoms with van der Waals surface area (Å²) in [6, 6.07) is 49.2. The standard InChI is InChI=1S/C48H58O2P4/c1-37-27-28-38(2)53(37,5)34-33-51(43-19-9-7-10-20-43)45-23-15-17-41(35-45)49-31-32-50-42-18-16-24-46(36-42)52(44-21-11-8-12-22-44)47-25-13-14-26-48(47)54(6)39(3)29-30-40(54)4/h7-26,33-40H,27-32H2,1-6H3/q+2/b34-33-/t37-,38-,39+,40+,51?,52?/m0/s1. The molecule has 2 nitrogen and oxygen atoms in total. The average molecular weight is 791 g/mol. The Labute approximate surface area is 329 Å². The lowest BCUT2D eigenvalue weighted by atomic mass is 10.2. The maximum Gasteiger partial charge on any atom is 0.122 e. The van der Waals surface area contributed by atoms with Crippen LogP contribution in [0.2, 0.25) is 0 Å². The smallest absolute Gasteiger partial charge is 0.122 e. The van der Waals surface area contributed by atoms with Gasteiger partial charge in [-0.3, -0.25) is 0 Å². The SMILES string of the molecule is C[C@@H]1CC[C@@H](C)[P+]1(C)c1ccccc1P(c1ccccc1)c1cccc(OCCOc2cccc(P(/C=C\[P+]3(C)[C@@H](C)CC[C@@H]3C)c3ccccc3)c2)c1. The molecule has 2 aliphatic rings. The Bertz CT molecular complexity index is 1990. The van der Waals surface area contributed by atoms with Crippen LogP contribution in [0.25, 0.3) is 0 Å². The molecular weight excluding hydrogens is 732 g/mol. The van der Waals surface area contributed by atoms with Crippen LogP contribution in [0.5, 0.6) is 11.5 Å². The summed E-state index contributed by atoms with van der Waals surface area (Å²) < 4.78 is 12.8. The maximum absolute atomic E-state index is 6.44. The topological polar surface area (TPSA) is 18.5 Å². The van der Waals surface area contributed by atoms with E-state index in [1.807, 2.05) is 0 Å². The molecule has 0 aliphatic carbocycles. The van der Waals surface area contributed by atoms with Crippen LogP contribution in [0.15, 0.2) is 145 Å². The molecule has 5 aromatic carbocycles. The van der Waals surface area contributed by atoms with Gasteiger partial charge in [-0.2, -0.15) is 0 Å². The molecule has 54 heavy (non-hydrogen) atoms. The molecule has 0 bridgehead atoms. The van der Waals surface area contributed by atoms with Crippen molar-refractivity contribution in [2.75, 3.05) is 26.5 Å². The van der Waals surface area contributed by atoms with Crippen molar-refractivity contribution in [2.45, 2.75) is 76.0 Å². The van der Waals surface area contributed by atoms with Crippen LogP contribution in [-0.4, -0.2) is 49.2 Å². The second-order valence-electron chi connectivity index (χ2n) is 15.8. The number of hydrogen-bond acceptors (Lipinski definition) is 2. The molecular formula is C48H58O2P4+2. The zero-order valence-electron chi connectivity index (χ0n) is 33.0. The van der Waals surface area contributed by atoms with E-state index in [0.717, 1.165) is 34.1 Å². The molecule has 5 aromatic rings. The molecule has 2 fully saturated rings. The largest absolute Gasteiger partial charge is 0.490 e. The summed E-state index contributed by atoms with van der Waals surface area (Å²) in [6.45, 7) is 16.1. The van der Waals surface area contributed by atoms with Gasteiger partial charge in [0.1, 0.15) is 30.0 Å². The van der Waals surface area contributed by atoms with Crippen molar-refractivity contribution in [3.05, 3.63) is 145 Å². The summed E-state index contributed by atoms with van der Waals surface area (Å²) in [6.07, 6.45) is 5.39. The van der Waals surface area contributed by atoms with Crippen LogP contribution in [0.3, 0.4) is 0 Å². The molecule has 0 amide bonds. The predicted octanol–water partition coefficient (Wildman–Crippen LogP) is 10.9. The van der Waals surface area contributed by atoms with Crippen molar-refractivity contribution < 1.29 is 9.47 Å². The second kappa shape index (κ2) is 17.5. The van der Waals surface area contributed by atoms with Crippen molar-refractivity contribution in [2.24, 2.45) is 0 Å². The number of rotatable bonds is 13. The van der Waals surface area contributed by atoms with Gasteiger partial charge in [0.15, 0.2) is 0 Å². The second-order valence-corrected chi connectivity index (χ2v) is 29.1. The normalized spacial score (nSPS) is 22.9. The molecule has 2 unspecified atom stereocenters. The highest BCUT2D eigenvalue weighted by Crippen LogP contribution is 2.72. The molecule has 2 heterocycles. The first-order chi connectivity index (χ1) is 26.2. The average Bonchev–Trinajstić information content (AvgIpc) is 3.62. The van der Waals surface area contributed by atoms with E-state index >= 15 is 0 Å². The first-order valence-corrected chi connectivity index (χ1v) is 27.4. The number of hydrogen-bond donors (Lipinski definition) is 0. The highest BCUT2D eigenvalue weighted by Gasteiger charge is 2.52. The molecule has 0 radical (unpaired) electrons. The quantitative estimate of drug-likeness (QED) is 0.0874. The minimum absolute atomic E-state index is 0.484. The van der Waals surface area contributed by atoms with E-state index in [9.17, 15) is 0 Å². The lowest BCUT2D eigenvalue weighted by Gasteiger charge is -2.31. The number of ether oxygens (including phenoxy) is 2. The Balaban J connectivity index is 1.08. The van der Waals surface area contributed by atoms with Gasteiger partial charge in [0, 0.05) is 12.6 Å². The Morgan fingerprint density at radius 3 is 1.63 bits per heavy atom. The van der Waals surface area contributed by atoms with Gasteiger partial charge in [-0.1, -0.05) is 97.1 Å². The minimum Gasteiger partial charge on any atom is -0.490 e. The monoisotopic (exact) mass is 790 g/mol. The van der Waals surface area contributed by atoms with Gasteiger partial charge in [0.05, 0.1) is 49.0 Å². The van der Waals surface area contributed by atoms with Crippen LogP contribution in [0.4, 0.5) is 0 Å². The minimum atomic E-state index is -1.33. The molecule has 0 N–H and O–H groups in total. The third kappa shape index (κ3) is 8.31. The lowest BCUT2D eigenvalue weighted by molar-refractivity contribution is 0.217. The van der Waals surface area contributed by atoms with E-state index in [1.54, 1.807) is 5.30 Å². The first kappa shape index (κ1) is 39.4. The van der Waals surface area contributed by atoms with Crippen molar-refractivity contribution in [1.82, 2.24) is 0 Å². The van der Waals surface area contributed by atoms with E-state index < -0.39 is 30.4 Å². The molecule has 280 valence electrons. The summed E-state index contributed by atoms with van der Waals surface area (Å²) in [5, 5.41) is 8.59. The van der Waals surface area contributed by atoms with Crippen molar-refractivity contribution in [3.63, 3.8) is 0 Å². The number of benzene rings is 5. The van der Waals surface area contributed by atoms with E-state index in [1.165, 1.54) is 52.2 Å². The highest BCUT2D eigenvalue weighted by atomic mass is 31.2. The Morgan fingerprint density at radius 1 is 0.537 bits per heavy atom. The van der Waals surface area contributed by atoms with Crippen molar-refractivity contribution in [3.8, 4) is 11.5 Å². The third-order valence-corrected chi connectivity index (χ3v) is 28.5. The van der Waals surface area contributed by atoms with E-state index in [-0.39, 0.29) is 0 Å². The van der Waals surface area contributed by atoms with Crippen molar-refractivity contribution >= 4 is 62.2 Å². The van der Waals surface area contributed by atoms with Crippen LogP contribution < -0.4 is 41.3 Å². The third-order valence-electron chi connectivity index (χ3n) is 12.8. The Kier molecular flexibility index (Phi) is 12.8. The Hall–Kier alpha value is -2.84. The molecule has 2 aliphatic heterocycles. The molecule has 7 rings (SSSR count). The molecule has 6 heteroatoms. The van der Waals surface area contributed by atoms with Crippen molar-refractivity contribution in [1.29, 1.82) is 0 Å². The molecule has 0 saturated carbocycles. The summed E-state index contributed by atoms with van der Waals surface area (Å²) in [5.41, 5.74) is 3.13. The van der Waals surface area contributed by atoms with E-state index in [4.69, 9.17) is 9.47 Å². The van der Waals surface area contributed by atoms with Crippen LogP contribution in [0.1, 0.15) is 53.4 Å². The summed E-state index contributed by atoms with van der Waals surface area (Å²) in [7, 11) is -3.84. The Morgan fingerprint density at radius 2 is 1.02 bits per heavy atom. The highest BCUT2D eigenvalue weighted by molar-refractivity contribution is 7.87. The zero-order chi connectivity index (χ0) is 37.7. The predicted molar refractivity (Wildman–Crippen MR) is 246 cm³/mol. The van der Waals surface area contributed by atoms with Crippen LogP contribution in [-0.2, 0) is 0 Å². The van der Waals surface area contributed by atoms with Gasteiger partial charge >= 0.3 is 0 Å². The van der Waals surface area contributed by atoms with E-state index in [2.05, 4.69) is 186 Å². The summed E-state index contributed by atoms with van der Waals surface area (Å²) >= 11 is 0. The van der Waals surface area contributed by atoms with Gasteiger partial charge in [-0.15, -0.1) is 0 Å². The molecule has 6 atom stereocenters. The van der Waals surface area contributed by atoms with Crippen LogP contribution in [0, 0.1) is 0 Å². The summed E-state index contributed by atoms with van der Waals surface area (Å²) in [5.74, 6) is 7.02. The van der Waals surface area contributed by atoms with Gasteiger partial charge in [0.25, 0.3) is 0 Å². The lowest BCUT2D eigenvalue weighted by Crippen LogP contribution is -2.36. The van der Waals surface area contributed by atoms with E-state index in [0.29, 0.717) is 13.2 Å².